The zero-order chi connectivity index (χ0) is 48.2. The summed E-state index contributed by atoms with van der Waals surface area (Å²) >= 11 is 0. The van der Waals surface area contributed by atoms with Crippen molar-refractivity contribution in [3.8, 4) is 0 Å². The van der Waals surface area contributed by atoms with Crippen LogP contribution in [-0.2, 0) is 38.3 Å². The highest BCUT2D eigenvalue weighted by Gasteiger charge is 2.48. The number of allylic oxidation sites excluding steroid dienone is 4. The molecule has 13 heteroatoms. The Labute approximate surface area is 403 Å². The molecule has 1 fully saturated rings. The van der Waals surface area contributed by atoms with Crippen molar-refractivity contribution >= 4 is 16.4 Å². The maximum atomic E-state index is 12.9. The van der Waals surface area contributed by atoms with Gasteiger partial charge in [0, 0.05) is 13.0 Å². The molecule has 1 heterocycles. The van der Waals surface area contributed by atoms with E-state index in [4.69, 9.17) is 18.9 Å². The molecule has 0 aromatic rings. The minimum absolute atomic E-state index is 0.0409. The van der Waals surface area contributed by atoms with Crippen molar-refractivity contribution in [1.82, 2.24) is 0 Å². The van der Waals surface area contributed by atoms with Crippen LogP contribution in [0.25, 0.3) is 0 Å². The highest BCUT2D eigenvalue weighted by Crippen LogP contribution is 2.26. The first-order valence-corrected chi connectivity index (χ1v) is 28.5. The van der Waals surface area contributed by atoms with Crippen LogP contribution in [0.1, 0.15) is 245 Å². The Morgan fingerprint density at radius 3 is 1.44 bits per heavy atom. The number of hydrogen-bond donors (Lipinski definition) is 4. The highest BCUT2D eigenvalue weighted by molar-refractivity contribution is 7.80. The molecular weight excluding hydrogens is 861 g/mol. The zero-order valence-electron chi connectivity index (χ0n) is 42.0. The molecule has 6 atom stereocenters. The fourth-order valence-corrected chi connectivity index (χ4v) is 8.98. The molecule has 0 amide bonds. The number of esters is 1. The van der Waals surface area contributed by atoms with Crippen molar-refractivity contribution in [3.63, 3.8) is 0 Å². The predicted octanol–water partition coefficient (Wildman–Crippen LogP) is 12.8. The summed E-state index contributed by atoms with van der Waals surface area (Å²) in [6.45, 7) is 4.03. The van der Waals surface area contributed by atoms with E-state index in [9.17, 15) is 33.1 Å². The molecule has 6 unspecified atom stereocenters. The summed E-state index contributed by atoms with van der Waals surface area (Å²) in [6.07, 6.45) is 43.6. The van der Waals surface area contributed by atoms with Crippen molar-refractivity contribution in [2.75, 3.05) is 26.4 Å². The van der Waals surface area contributed by atoms with E-state index in [1.54, 1.807) is 0 Å². The third-order valence-electron chi connectivity index (χ3n) is 12.6. The van der Waals surface area contributed by atoms with E-state index in [0.717, 1.165) is 44.9 Å². The lowest BCUT2D eigenvalue weighted by Gasteiger charge is -2.41. The molecule has 0 radical (unpaired) electrons. The summed E-state index contributed by atoms with van der Waals surface area (Å²) in [5.41, 5.74) is 0. The second-order valence-corrected chi connectivity index (χ2v) is 19.9. The average Bonchev–Trinajstić information content (AvgIpc) is 3.29. The van der Waals surface area contributed by atoms with E-state index in [-0.39, 0.29) is 19.6 Å². The van der Waals surface area contributed by atoms with Gasteiger partial charge >= 0.3 is 16.4 Å². The molecule has 66 heavy (non-hydrogen) atoms. The first kappa shape index (κ1) is 62.6. The van der Waals surface area contributed by atoms with Crippen LogP contribution >= 0.6 is 0 Å². The van der Waals surface area contributed by atoms with E-state index < -0.39 is 59.8 Å². The summed E-state index contributed by atoms with van der Waals surface area (Å²) in [4.78, 5) is 12.9. The number of rotatable bonds is 48. The molecule has 0 aromatic carbocycles. The monoisotopic (exact) mass is 961 g/mol. The van der Waals surface area contributed by atoms with Gasteiger partial charge in [0.2, 0.25) is 0 Å². The molecule has 390 valence electrons. The van der Waals surface area contributed by atoms with Gasteiger partial charge in [0.25, 0.3) is 0 Å². The van der Waals surface area contributed by atoms with Crippen LogP contribution in [0.15, 0.2) is 24.3 Å². The van der Waals surface area contributed by atoms with Gasteiger partial charge in [-0.25, -0.2) is 4.18 Å². The molecule has 0 bridgehead atoms. The van der Waals surface area contributed by atoms with Crippen LogP contribution < -0.4 is 0 Å². The summed E-state index contributed by atoms with van der Waals surface area (Å²) in [6, 6.07) is 0. The van der Waals surface area contributed by atoms with Gasteiger partial charge in [0.1, 0.15) is 30.5 Å². The van der Waals surface area contributed by atoms with Crippen molar-refractivity contribution in [3.05, 3.63) is 24.3 Å². The summed E-state index contributed by atoms with van der Waals surface area (Å²) < 4.78 is 59.3. The third-order valence-corrected chi connectivity index (χ3v) is 13.0. The Bertz CT molecular complexity index is 1250. The van der Waals surface area contributed by atoms with Gasteiger partial charge in [0.05, 0.1) is 19.8 Å². The smallest absolute Gasteiger partial charge is 0.397 e. The molecular formula is C53H100O12S. The number of aliphatic hydroxyl groups excluding tert-OH is 3. The Balaban J connectivity index is 2.29. The normalized spacial score (nSPS) is 19.6. The first-order valence-electron chi connectivity index (χ1n) is 27.1. The maximum absolute atomic E-state index is 12.9. The van der Waals surface area contributed by atoms with Gasteiger partial charge in [-0.2, -0.15) is 8.42 Å². The number of unbranched alkanes of at least 4 members (excludes halogenated alkanes) is 31. The molecule has 0 saturated carbocycles. The lowest BCUT2D eigenvalue weighted by molar-refractivity contribution is -0.301. The summed E-state index contributed by atoms with van der Waals surface area (Å²) in [5, 5.41) is 30.8. The zero-order valence-corrected chi connectivity index (χ0v) is 42.8. The summed E-state index contributed by atoms with van der Waals surface area (Å²) in [7, 11) is -5.06. The van der Waals surface area contributed by atoms with Gasteiger partial charge in [-0.05, 0) is 44.9 Å². The van der Waals surface area contributed by atoms with E-state index in [2.05, 4.69) is 42.3 Å². The molecule has 12 nitrogen and oxygen atoms in total. The van der Waals surface area contributed by atoms with E-state index in [1.807, 2.05) is 0 Å². The van der Waals surface area contributed by atoms with Crippen LogP contribution in [-0.4, -0.2) is 97.5 Å². The number of ether oxygens (including phenoxy) is 4. The minimum atomic E-state index is -5.06. The van der Waals surface area contributed by atoms with Crippen molar-refractivity contribution in [2.45, 2.75) is 282 Å². The number of carbonyl (C=O) groups is 1. The number of carbonyl (C=O) groups excluding carboxylic acids is 1. The van der Waals surface area contributed by atoms with Crippen LogP contribution in [0.3, 0.4) is 0 Å². The van der Waals surface area contributed by atoms with Crippen LogP contribution in [0.2, 0.25) is 0 Å². The maximum Gasteiger partial charge on any atom is 0.397 e. The van der Waals surface area contributed by atoms with Crippen LogP contribution in [0, 0.1) is 0 Å². The highest BCUT2D eigenvalue weighted by atomic mass is 32.3. The minimum Gasteiger partial charge on any atom is -0.457 e. The molecule has 0 aliphatic carbocycles. The molecule has 0 aromatic heterocycles. The Morgan fingerprint density at radius 1 is 0.576 bits per heavy atom. The first-order chi connectivity index (χ1) is 32.1. The van der Waals surface area contributed by atoms with Crippen LogP contribution in [0.4, 0.5) is 0 Å². The quantitative estimate of drug-likeness (QED) is 0.0197. The Morgan fingerprint density at radius 2 is 1.00 bits per heavy atom. The number of hydrogen-bond acceptors (Lipinski definition) is 11. The molecule has 1 saturated heterocycles. The SMILES string of the molecule is CCCCCCC/C=C\C/C=C\CCCCCCCCCCCCCCCC(=O)OC(COCCCCCCCCCCCCCCCC)COC1OC(CO)C(O)C(OS(=O)(=O)O)C1O. The van der Waals surface area contributed by atoms with Crippen LogP contribution in [0.5, 0.6) is 0 Å². The largest absolute Gasteiger partial charge is 0.457 e. The lowest BCUT2D eigenvalue weighted by atomic mass is 9.99. The van der Waals surface area contributed by atoms with Gasteiger partial charge in [-0.1, -0.05) is 218 Å². The standard InChI is InChI=1S/C53H100O12S/c1-3-5-7-9-11-13-15-17-19-20-21-22-23-24-25-26-27-28-29-30-32-34-36-38-40-42-49(55)63-47(45-61-43-41-39-37-35-33-31-18-16-14-12-10-8-6-4-2)46-62-53-51(57)52(65-66(58,59)60)50(56)48(44-54)64-53/h15,17,20-21,47-48,50-54,56-57H,3-14,16,18-19,22-46H2,1-2H3,(H,58,59,60)/b17-15-,21-20-. The average molecular weight is 961 g/mol. The Hall–Kier alpha value is -1.42. The molecule has 1 rings (SSSR count). The van der Waals surface area contributed by atoms with Gasteiger partial charge in [-0.15, -0.1) is 0 Å². The molecule has 1 aliphatic heterocycles. The van der Waals surface area contributed by atoms with Gasteiger partial charge < -0.3 is 34.3 Å². The van der Waals surface area contributed by atoms with E-state index in [0.29, 0.717) is 13.0 Å². The van der Waals surface area contributed by atoms with Crippen molar-refractivity contribution in [2.24, 2.45) is 0 Å². The fraction of sp³-hybridized carbons (Fsp3) is 0.906. The third kappa shape index (κ3) is 37.5. The predicted molar refractivity (Wildman–Crippen MR) is 267 cm³/mol. The molecule has 1 aliphatic rings. The van der Waals surface area contributed by atoms with E-state index in [1.165, 1.54) is 173 Å². The topological polar surface area (TPSA) is 178 Å². The summed E-state index contributed by atoms with van der Waals surface area (Å²) in [5.74, 6) is -0.395. The number of aliphatic hydroxyl groups is 3. The molecule has 4 N–H and O–H groups in total. The van der Waals surface area contributed by atoms with E-state index >= 15 is 0 Å². The van der Waals surface area contributed by atoms with Crippen molar-refractivity contribution < 1.29 is 56.2 Å². The van der Waals surface area contributed by atoms with Crippen molar-refractivity contribution in [1.29, 1.82) is 0 Å². The second-order valence-electron chi connectivity index (χ2n) is 18.8. The molecule has 0 spiro atoms. The fourth-order valence-electron chi connectivity index (χ4n) is 8.47. The Kier molecular flexibility index (Phi) is 42.5. The van der Waals surface area contributed by atoms with Gasteiger partial charge in [0.15, 0.2) is 6.29 Å². The lowest BCUT2D eigenvalue weighted by Crippen LogP contribution is -2.60. The second kappa shape index (κ2) is 44.8. The van der Waals surface area contributed by atoms with Gasteiger partial charge in [-0.3, -0.25) is 9.35 Å².